The monoisotopic (exact) mass is 721 g/mol. The summed E-state index contributed by atoms with van der Waals surface area (Å²) in [6.07, 6.45) is 11.6. The minimum Gasteiger partial charge on any atom is -0.351 e. The summed E-state index contributed by atoms with van der Waals surface area (Å²) in [5, 5.41) is 9.01. The Kier molecular flexibility index (Phi) is 8.96. The third-order valence-electron chi connectivity index (χ3n) is 10.5. The van der Waals surface area contributed by atoms with Crippen molar-refractivity contribution in [1.82, 2.24) is 19.3 Å². The number of halogens is 2. The maximum atomic E-state index is 14.4. The zero-order valence-electron chi connectivity index (χ0n) is 29.9. The molecule has 1 atom stereocenters. The van der Waals surface area contributed by atoms with Gasteiger partial charge in [-0.2, -0.15) is 5.10 Å². The van der Waals surface area contributed by atoms with Gasteiger partial charge >= 0.3 is 0 Å². The molecule has 2 aromatic heterocycles. The molecule has 1 unspecified atom stereocenters. The van der Waals surface area contributed by atoms with Crippen LogP contribution in [0.4, 0.5) is 14.7 Å². The van der Waals surface area contributed by atoms with Crippen molar-refractivity contribution >= 4 is 17.0 Å². The average molecular weight is 722 g/mol. The smallest absolute Gasteiger partial charge is 0.208 e. The first kappa shape index (κ1) is 33.9. The lowest BCUT2D eigenvalue weighted by Crippen LogP contribution is -2.43. The number of nitrogens with zero attached hydrogens (tertiary/aromatic N) is 4. The molecule has 9 rings (SSSR count). The van der Waals surface area contributed by atoms with Crippen LogP contribution in [0, 0.1) is 17.6 Å². The van der Waals surface area contributed by atoms with Crippen LogP contribution in [0.2, 0.25) is 0 Å². The SMILES string of the molecule is Fc1ccc(-c2nn(C(c3ccccc3)(c3ccccc3)C3C=CC=CC3)cc2-c2ccc3nc(NCc4ccccc4)n(-c4ccc(F)cc4)c3c2)cc1. The third-order valence-corrected chi connectivity index (χ3v) is 10.5. The van der Waals surface area contributed by atoms with Crippen molar-refractivity contribution in [3.8, 4) is 28.1 Å². The standard InChI is InChI=1S/C48H37F2N5/c49-40-24-21-35(22-25-40)46-43(33-54(53-46)48(37-15-7-2-8-16-37,38-17-9-3-10-18-38)39-19-11-4-12-20-39)36-23-30-44-45(31-36)55(42-28-26-41(50)27-29-42)47(52-44)51-32-34-13-5-1-6-14-34/h1-19,21-31,33,39H,20,32H2,(H,51,52). The molecule has 1 N–H and O–H groups in total. The quantitative estimate of drug-likeness (QED) is 0.153. The molecule has 7 heteroatoms. The molecule has 55 heavy (non-hydrogen) atoms. The van der Waals surface area contributed by atoms with Gasteiger partial charge in [-0.1, -0.05) is 121 Å². The Labute approximate surface area is 318 Å². The van der Waals surface area contributed by atoms with Crippen LogP contribution in [0.15, 0.2) is 188 Å². The highest BCUT2D eigenvalue weighted by Crippen LogP contribution is 2.46. The van der Waals surface area contributed by atoms with E-state index in [2.05, 4.69) is 113 Å². The number of hydrogen-bond acceptors (Lipinski definition) is 3. The second kappa shape index (κ2) is 14.5. The molecule has 268 valence electrons. The summed E-state index contributed by atoms with van der Waals surface area (Å²) in [6.45, 7) is 0.561. The van der Waals surface area contributed by atoms with E-state index < -0.39 is 5.54 Å². The van der Waals surface area contributed by atoms with Gasteiger partial charge in [-0.05, 0) is 89.3 Å². The van der Waals surface area contributed by atoms with Crippen LogP contribution >= 0.6 is 0 Å². The number of allylic oxidation sites excluding steroid dienone is 4. The van der Waals surface area contributed by atoms with Gasteiger partial charge in [0.15, 0.2) is 0 Å². The highest BCUT2D eigenvalue weighted by molar-refractivity contribution is 5.89. The van der Waals surface area contributed by atoms with Gasteiger partial charge in [-0.3, -0.25) is 9.25 Å². The summed E-state index contributed by atoms with van der Waals surface area (Å²) in [5.41, 5.74) is 8.28. The molecule has 1 aliphatic rings. The molecule has 1 aliphatic carbocycles. The molecular formula is C48H37F2N5. The Balaban J connectivity index is 1.28. The number of fused-ring (bicyclic) bond motifs is 1. The Morgan fingerprint density at radius 3 is 1.93 bits per heavy atom. The summed E-state index contributed by atoms with van der Waals surface area (Å²) >= 11 is 0. The van der Waals surface area contributed by atoms with Crippen LogP contribution in [0.5, 0.6) is 0 Å². The second-order valence-corrected chi connectivity index (χ2v) is 13.8. The molecule has 0 aliphatic heterocycles. The number of benzene rings is 6. The first-order valence-corrected chi connectivity index (χ1v) is 18.4. The average Bonchev–Trinajstić information content (AvgIpc) is 3.85. The predicted molar refractivity (Wildman–Crippen MR) is 217 cm³/mol. The van der Waals surface area contributed by atoms with Crippen LogP contribution in [-0.4, -0.2) is 19.3 Å². The molecule has 0 amide bonds. The zero-order valence-corrected chi connectivity index (χ0v) is 29.9. The zero-order chi connectivity index (χ0) is 37.2. The summed E-state index contributed by atoms with van der Waals surface area (Å²) in [5.74, 6) is 0.0395. The molecule has 0 fully saturated rings. The summed E-state index contributed by atoms with van der Waals surface area (Å²) in [6, 6.07) is 50.4. The molecule has 0 radical (unpaired) electrons. The molecule has 8 aromatic rings. The van der Waals surface area contributed by atoms with E-state index in [4.69, 9.17) is 10.1 Å². The lowest BCUT2D eigenvalue weighted by atomic mass is 9.70. The topological polar surface area (TPSA) is 47.7 Å². The van der Waals surface area contributed by atoms with Gasteiger partial charge in [0.2, 0.25) is 5.95 Å². The number of anilines is 1. The van der Waals surface area contributed by atoms with Crippen molar-refractivity contribution in [3.63, 3.8) is 0 Å². The fourth-order valence-electron chi connectivity index (χ4n) is 7.88. The Bertz CT molecular complexity index is 2590. The van der Waals surface area contributed by atoms with E-state index in [1.165, 1.54) is 24.3 Å². The van der Waals surface area contributed by atoms with Crippen molar-refractivity contribution in [1.29, 1.82) is 0 Å². The van der Waals surface area contributed by atoms with E-state index in [1.807, 2.05) is 41.0 Å². The summed E-state index contributed by atoms with van der Waals surface area (Å²) < 4.78 is 32.8. The highest BCUT2D eigenvalue weighted by Gasteiger charge is 2.44. The van der Waals surface area contributed by atoms with E-state index in [-0.39, 0.29) is 17.6 Å². The van der Waals surface area contributed by atoms with E-state index >= 15 is 0 Å². The lowest BCUT2D eigenvalue weighted by Gasteiger charge is -2.41. The minimum atomic E-state index is -0.731. The maximum absolute atomic E-state index is 14.4. The van der Waals surface area contributed by atoms with Gasteiger partial charge in [-0.15, -0.1) is 0 Å². The number of rotatable bonds is 10. The molecule has 0 bridgehead atoms. The Morgan fingerprint density at radius 2 is 1.29 bits per heavy atom. The molecule has 6 aromatic carbocycles. The second-order valence-electron chi connectivity index (χ2n) is 13.8. The van der Waals surface area contributed by atoms with E-state index in [1.54, 1.807) is 24.3 Å². The van der Waals surface area contributed by atoms with Crippen LogP contribution in [-0.2, 0) is 12.1 Å². The number of aromatic nitrogens is 4. The predicted octanol–water partition coefficient (Wildman–Crippen LogP) is 11.4. The Morgan fingerprint density at radius 1 is 0.673 bits per heavy atom. The van der Waals surface area contributed by atoms with Crippen LogP contribution in [0.1, 0.15) is 23.1 Å². The molecular weight excluding hydrogens is 685 g/mol. The highest BCUT2D eigenvalue weighted by atomic mass is 19.1. The first-order valence-electron chi connectivity index (χ1n) is 18.4. The van der Waals surface area contributed by atoms with Gasteiger partial charge in [0.05, 0.1) is 11.0 Å². The molecule has 0 saturated carbocycles. The first-order chi connectivity index (χ1) is 27.1. The van der Waals surface area contributed by atoms with Crippen LogP contribution in [0.25, 0.3) is 39.1 Å². The van der Waals surface area contributed by atoms with Crippen molar-refractivity contribution in [2.24, 2.45) is 5.92 Å². The lowest BCUT2D eigenvalue weighted by molar-refractivity contribution is 0.293. The molecule has 0 spiro atoms. The largest absolute Gasteiger partial charge is 0.351 e. The van der Waals surface area contributed by atoms with Crippen molar-refractivity contribution in [3.05, 3.63) is 217 Å². The van der Waals surface area contributed by atoms with Crippen LogP contribution in [0.3, 0.4) is 0 Å². The van der Waals surface area contributed by atoms with Crippen molar-refractivity contribution in [2.75, 3.05) is 5.32 Å². The number of hydrogen-bond donors (Lipinski definition) is 1. The van der Waals surface area contributed by atoms with E-state index in [0.717, 1.165) is 62.2 Å². The molecule has 0 saturated heterocycles. The summed E-state index contributed by atoms with van der Waals surface area (Å²) in [7, 11) is 0. The van der Waals surface area contributed by atoms with Crippen molar-refractivity contribution in [2.45, 2.75) is 18.5 Å². The van der Waals surface area contributed by atoms with E-state index in [9.17, 15) is 8.78 Å². The number of nitrogens with one attached hydrogen (secondary N) is 1. The number of imidazole rings is 1. The van der Waals surface area contributed by atoms with Crippen molar-refractivity contribution < 1.29 is 8.78 Å². The molecule has 2 heterocycles. The molecule has 5 nitrogen and oxygen atoms in total. The summed E-state index contributed by atoms with van der Waals surface area (Å²) in [4.78, 5) is 5.02. The van der Waals surface area contributed by atoms with Gasteiger partial charge in [0, 0.05) is 35.5 Å². The minimum absolute atomic E-state index is 0.0248. The Hall–Kier alpha value is -6.86. The fraction of sp³-hybridized carbons (Fsp3) is 0.0833. The fourth-order valence-corrected chi connectivity index (χ4v) is 7.88. The normalized spacial score (nSPS) is 14.0. The van der Waals surface area contributed by atoms with E-state index in [0.29, 0.717) is 12.5 Å². The third kappa shape index (κ3) is 6.33. The van der Waals surface area contributed by atoms with Gasteiger partial charge in [-0.25, -0.2) is 13.8 Å². The van der Waals surface area contributed by atoms with Gasteiger partial charge in [0.25, 0.3) is 0 Å². The van der Waals surface area contributed by atoms with Gasteiger partial charge < -0.3 is 5.32 Å². The maximum Gasteiger partial charge on any atom is 0.208 e. The van der Waals surface area contributed by atoms with Crippen LogP contribution < -0.4 is 5.32 Å². The van der Waals surface area contributed by atoms with Gasteiger partial charge in [0.1, 0.15) is 22.9 Å².